The van der Waals surface area contributed by atoms with Crippen molar-refractivity contribution in [3.63, 3.8) is 0 Å². The van der Waals surface area contributed by atoms with E-state index in [9.17, 15) is 0 Å². The maximum atomic E-state index is 5.50. The van der Waals surface area contributed by atoms with Gasteiger partial charge in [0.2, 0.25) is 0 Å². The highest BCUT2D eigenvalue weighted by atomic mass is 16.5. The van der Waals surface area contributed by atoms with Crippen molar-refractivity contribution in [1.29, 1.82) is 0 Å². The van der Waals surface area contributed by atoms with Gasteiger partial charge in [0.15, 0.2) is 5.75 Å². The first-order valence-corrected chi connectivity index (χ1v) is 4.31. The molecule has 0 aromatic heterocycles. The van der Waals surface area contributed by atoms with Gasteiger partial charge >= 0.3 is 0 Å². The van der Waals surface area contributed by atoms with E-state index in [1.807, 2.05) is 25.1 Å². The van der Waals surface area contributed by atoms with Gasteiger partial charge in [-0.05, 0) is 42.8 Å². The van der Waals surface area contributed by atoms with E-state index >= 15 is 0 Å². The van der Waals surface area contributed by atoms with Crippen LogP contribution in [0, 0.1) is 31.2 Å². The van der Waals surface area contributed by atoms with E-state index in [1.165, 1.54) is 0 Å². The van der Waals surface area contributed by atoms with Gasteiger partial charge in [-0.2, -0.15) is 0 Å². The molecule has 2 rings (SSSR count). The third kappa shape index (κ3) is 1.97. The van der Waals surface area contributed by atoms with Gasteiger partial charge in [0, 0.05) is 6.07 Å². The highest BCUT2D eigenvalue weighted by molar-refractivity contribution is 5.27. The maximum Gasteiger partial charge on any atom is 0.177 e. The zero-order valence-corrected chi connectivity index (χ0v) is 7.79. The molecule has 0 amide bonds. The molecule has 14 heavy (non-hydrogen) atoms. The highest BCUT2D eigenvalue weighted by Gasteiger charge is 1.93. The number of hydrogen-bond donors (Lipinski definition) is 0. The Hall–Kier alpha value is -2.12. The Morgan fingerprint density at radius 3 is 2.64 bits per heavy atom. The third-order valence-corrected chi connectivity index (χ3v) is 1.72. The molecule has 0 spiro atoms. The molecule has 0 radical (unpaired) electrons. The third-order valence-electron chi connectivity index (χ3n) is 1.72. The van der Waals surface area contributed by atoms with Gasteiger partial charge in [-0.25, -0.2) is 0 Å². The van der Waals surface area contributed by atoms with Crippen LogP contribution in [0.4, 0.5) is 0 Å². The minimum atomic E-state index is 0.662. The number of ether oxygens (including phenoxy) is 1. The summed E-state index contributed by atoms with van der Waals surface area (Å²) in [6, 6.07) is 20.6. The summed E-state index contributed by atoms with van der Waals surface area (Å²) in [5.41, 5.74) is 1.05. The second-order valence-electron chi connectivity index (χ2n) is 2.90. The highest BCUT2D eigenvalue weighted by Crippen LogP contribution is 2.17. The molecule has 0 saturated heterocycles. The first-order chi connectivity index (χ1) is 6.84. The second kappa shape index (κ2) is 3.73. The fourth-order valence-corrected chi connectivity index (χ4v) is 1.03. The van der Waals surface area contributed by atoms with Crippen molar-refractivity contribution in [2.75, 3.05) is 0 Å². The van der Waals surface area contributed by atoms with Gasteiger partial charge in [-0.15, -0.1) is 0 Å². The Morgan fingerprint density at radius 1 is 1.07 bits per heavy atom. The summed E-state index contributed by atoms with van der Waals surface area (Å²) in [6.45, 7) is 1.96. The van der Waals surface area contributed by atoms with Gasteiger partial charge in [0.1, 0.15) is 5.75 Å². The number of hydrogen-bond acceptors (Lipinski definition) is 1. The van der Waals surface area contributed by atoms with Crippen molar-refractivity contribution in [1.82, 2.24) is 0 Å². The molecule has 0 aliphatic carbocycles. The fourth-order valence-electron chi connectivity index (χ4n) is 1.03. The average molecular weight is 180 g/mol. The van der Waals surface area contributed by atoms with Crippen molar-refractivity contribution in [3.8, 4) is 11.5 Å². The van der Waals surface area contributed by atoms with Crippen molar-refractivity contribution in [2.24, 2.45) is 0 Å². The smallest absolute Gasteiger partial charge is 0.177 e. The summed E-state index contributed by atoms with van der Waals surface area (Å²) < 4.78 is 5.50. The summed E-state index contributed by atoms with van der Waals surface area (Å²) >= 11 is 0. The molecule has 1 nitrogen and oxygen atoms in total. The molecule has 1 heteroatoms. The zero-order chi connectivity index (χ0) is 9.80. The lowest BCUT2D eigenvalue weighted by Gasteiger charge is -2.00. The van der Waals surface area contributed by atoms with Crippen LogP contribution in [0.15, 0.2) is 30.3 Å². The van der Waals surface area contributed by atoms with E-state index in [0.29, 0.717) is 5.75 Å². The molecular weight excluding hydrogens is 172 g/mol. The van der Waals surface area contributed by atoms with E-state index in [2.05, 4.69) is 24.3 Å². The van der Waals surface area contributed by atoms with E-state index in [0.717, 1.165) is 11.3 Å². The minimum Gasteiger partial charge on any atom is -0.448 e. The van der Waals surface area contributed by atoms with Crippen LogP contribution < -0.4 is 4.74 Å². The monoisotopic (exact) mass is 180 g/mol. The summed E-state index contributed by atoms with van der Waals surface area (Å²) in [5, 5.41) is 0. The first kappa shape index (κ1) is 8.48. The molecule has 0 fully saturated rings. The molecule has 2 aromatic rings. The van der Waals surface area contributed by atoms with Gasteiger partial charge in [0.25, 0.3) is 0 Å². The minimum absolute atomic E-state index is 0.662. The fraction of sp³-hybridized carbons (Fsp3) is 0.0769. The SMILES string of the molecule is Cc1c#cc(Oc2cc#ccc2)cc1. The molecule has 0 unspecified atom stereocenters. The Labute approximate surface area is 84.0 Å². The lowest BCUT2D eigenvalue weighted by molar-refractivity contribution is 0.483. The first-order valence-electron chi connectivity index (χ1n) is 4.31. The zero-order valence-electron chi connectivity index (χ0n) is 7.79. The molecule has 0 aliphatic rings. The van der Waals surface area contributed by atoms with Crippen molar-refractivity contribution in [3.05, 3.63) is 60.2 Å². The molecule has 0 atom stereocenters. The van der Waals surface area contributed by atoms with Crippen molar-refractivity contribution < 1.29 is 4.74 Å². The van der Waals surface area contributed by atoms with Gasteiger partial charge in [-0.3, -0.25) is 0 Å². The van der Waals surface area contributed by atoms with Crippen LogP contribution in [0.1, 0.15) is 5.56 Å². The van der Waals surface area contributed by atoms with Crippen LogP contribution in [-0.4, -0.2) is 0 Å². The van der Waals surface area contributed by atoms with E-state index in [-0.39, 0.29) is 0 Å². The lowest BCUT2D eigenvalue weighted by Crippen LogP contribution is -1.81. The second-order valence-corrected chi connectivity index (χ2v) is 2.90. The Morgan fingerprint density at radius 2 is 2.00 bits per heavy atom. The predicted octanol–water partition coefficient (Wildman–Crippen LogP) is 2.99. The lowest BCUT2D eigenvalue weighted by atomic mass is 10.3. The van der Waals surface area contributed by atoms with E-state index in [1.54, 1.807) is 12.1 Å². The molecule has 0 heterocycles. The largest absolute Gasteiger partial charge is 0.448 e. The van der Waals surface area contributed by atoms with E-state index < -0.39 is 0 Å². The molecule has 0 aliphatic heterocycles. The van der Waals surface area contributed by atoms with Crippen molar-refractivity contribution in [2.45, 2.75) is 6.92 Å². The van der Waals surface area contributed by atoms with Gasteiger partial charge in [0.05, 0.1) is 0 Å². The van der Waals surface area contributed by atoms with Gasteiger partial charge < -0.3 is 4.74 Å². The Bertz CT molecular complexity index is 389. The molecule has 2 aromatic carbocycles. The molecule has 0 bridgehead atoms. The Kier molecular flexibility index (Phi) is 2.26. The van der Waals surface area contributed by atoms with Gasteiger partial charge in [-0.1, -0.05) is 18.2 Å². The molecule has 0 saturated carbocycles. The van der Waals surface area contributed by atoms with Crippen molar-refractivity contribution >= 4 is 0 Å². The summed E-state index contributed by atoms with van der Waals surface area (Å²) in [4.78, 5) is 0. The van der Waals surface area contributed by atoms with Crippen LogP contribution >= 0.6 is 0 Å². The average Bonchev–Trinajstić information content (AvgIpc) is 2.23. The van der Waals surface area contributed by atoms with Crippen LogP contribution in [0.25, 0.3) is 0 Å². The molecular formula is C13H8O. The predicted molar refractivity (Wildman–Crippen MR) is 53.0 cm³/mol. The number of aryl methyl sites for hydroxylation is 1. The quantitative estimate of drug-likeness (QED) is 0.690. The maximum absolute atomic E-state index is 5.50. The van der Waals surface area contributed by atoms with E-state index in [4.69, 9.17) is 4.74 Å². The van der Waals surface area contributed by atoms with Crippen LogP contribution in [0.5, 0.6) is 11.5 Å². The molecule has 66 valence electrons. The van der Waals surface area contributed by atoms with Crippen LogP contribution in [0.2, 0.25) is 0 Å². The van der Waals surface area contributed by atoms with Crippen LogP contribution in [-0.2, 0) is 0 Å². The normalized spacial score (nSPS) is 8.64. The summed E-state index contributed by atoms with van der Waals surface area (Å²) in [7, 11) is 0. The topological polar surface area (TPSA) is 9.23 Å². The Balaban J connectivity index is 2.16. The number of rotatable bonds is 2. The molecule has 0 N–H and O–H groups in total. The standard InChI is InChI=1S/C13H8O/c1-11-7-9-13(10-8-11)14-12-5-3-2-4-6-12/h3,5-7,9H,1H3. The summed E-state index contributed by atoms with van der Waals surface area (Å²) in [5.74, 6) is 1.40. The summed E-state index contributed by atoms with van der Waals surface area (Å²) in [6.07, 6.45) is 0. The van der Waals surface area contributed by atoms with Crippen LogP contribution in [0.3, 0.4) is 0 Å².